The second-order valence-corrected chi connectivity index (χ2v) is 3.68. The van der Waals surface area contributed by atoms with Crippen LogP contribution in [0.3, 0.4) is 0 Å². The summed E-state index contributed by atoms with van der Waals surface area (Å²) in [4.78, 5) is 10.8. The maximum Gasteiger partial charge on any atom is 0.417 e. The van der Waals surface area contributed by atoms with E-state index in [1.165, 1.54) is 0 Å². The van der Waals surface area contributed by atoms with Crippen molar-refractivity contribution in [3.8, 4) is 0 Å². The second-order valence-electron chi connectivity index (χ2n) is 2.56. The monoisotopic (exact) mass is 276 g/mol. The highest BCUT2D eigenvalue weighted by Crippen LogP contribution is 2.38. The quantitative estimate of drug-likeness (QED) is 0.696. The van der Waals surface area contributed by atoms with Crippen LogP contribution in [0.2, 0.25) is 10.0 Å². The lowest BCUT2D eigenvalue weighted by molar-refractivity contribution is -0.137. The third-order valence-corrected chi connectivity index (χ3v) is 2.59. The third-order valence-electron chi connectivity index (χ3n) is 1.60. The number of hydrogen-bond donors (Lipinski definition) is 0. The van der Waals surface area contributed by atoms with Crippen LogP contribution >= 0.6 is 34.8 Å². The minimum atomic E-state index is -4.70. The van der Waals surface area contributed by atoms with Crippen molar-refractivity contribution in [3.05, 3.63) is 33.3 Å². The molecule has 0 amide bonds. The summed E-state index contributed by atoms with van der Waals surface area (Å²) in [5, 5.41) is -1.95. The third kappa shape index (κ3) is 2.56. The topological polar surface area (TPSA) is 17.1 Å². The van der Waals surface area contributed by atoms with Gasteiger partial charge in [-0.3, -0.25) is 4.79 Å². The highest BCUT2D eigenvalue weighted by Gasteiger charge is 2.36. The number of halogens is 6. The molecule has 0 heterocycles. The molecule has 0 saturated carbocycles. The molecule has 0 N–H and O–H groups in total. The largest absolute Gasteiger partial charge is 0.417 e. The zero-order valence-corrected chi connectivity index (χ0v) is 9.10. The molecule has 1 aromatic carbocycles. The first-order chi connectivity index (χ1) is 6.75. The van der Waals surface area contributed by atoms with Crippen molar-refractivity contribution in [3.63, 3.8) is 0 Å². The number of benzene rings is 1. The first-order valence-corrected chi connectivity index (χ1v) is 4.63. The standard InChI is InChI=1S/C8H2Cl3F3O/c9-4-2-1-3(8(12,13)14)5(6(4)10)7(11)15/h1-2H. The lowest BCUT2D eigenvalue weighted by Crippen LogP contribution is -2.11. The van der Waals surface area contributed by atoms with Crippen molar-refractivity contribution in [2.75, 3.05) is 0 Å². The van der Waals surface area contributed by atoms with Crippen molar-refractivity contribution < 1.29 is 18.0 Å². The number of alkyl halides is 3. The van der Waals surface area contributed by atoms with E-state index in [9.17, 15) is 18.0 Å². The Balaban J connectivity index is 3.55. The first-order valence-electron chi connectivity index (χ1n) is 3.50. The van der Waals surface area contributed by atoms with E-state index in [1.807, 2.05) is 0 Å². The number of carbonyl (C=O) groups excluding carboxylic acids is 1. The minimum absolute atomic E-state index is 0.159. The molecule has 1 aromatic rings. The minimum Gasteiger partial charge on any atom is -0.276 e. The zero-order valence-electron chi connectivity index (χ0n) is 6.83. The van der Waals surface area contributed by atoms with E-state index in [0.717, 1.165) is 6.07 Å². The van der Waals surface area contributed by atoms with Crippen LogP contribution in [0.4, 0.5) is 13.2 Å². The van der Waals surface area contributed by atoms with Crippen molar-refractivity contribution in [2.45, 2.75) is 6.18 Å². The van der Waals surface area contributed by atoms with Crippen LogP contribution in [-0.4, -0.2) is 5.24 Å². The van der Waals surface area contributed by atoms with E-state index in [1.54, 1.807) is 0 Å². The summed E-state index contributed by atoms with van der Waals surface area (Å²) in [6.07, 6.45) is -4.70. The van der Waals surface area contributed by atoms with Crippen LogP contribution in [0.1, 0.15) is 15.9 Å². The summed E-state index contributed by atoms with van der Waals surface area (Å²) >= 11 is 15.9. The van der Waals surface area contributed by atoms with Gasteiger partial charge < -0.3 is 0 Å². The van der Waals surface area contributed by atoms with Crippen LogP contribution in [0, 0.1) is 0 Å². The second kappa shape index (κ2) is 4.20. The van der Waals surface area contributed by atoms with Gasteiger partial charge in [-0.05, 0) is 23.7 Å². The van der Waals surface area contributed by atoms with E-state index >= 15 is 0 Å². The Hall–Kier alpha value is -0.450. The number of hydrogen-bond acceptors (Lipinski definition) is 1. The SMILES string of the molecule is O=C(Cl)c1c(C(F)(F)F)ccc(Cl)c1Cl. The summed E-state index contributed by atoms with van der Waals surface area (Å²) in [5.74, 6) is 0. The van der Waals surface area contributed by atoms with E-state index in [0.29, 0.717) is 6.07 Å². The average molecular weight is 277 g/mol. The fourth-order valence-corrected chi connectivity index (χ4v) is 1.63. The maximum atomic E-state index is 12.4. The van der Waals surface area contributed by atoms with Gasteiger partial charge in [0.15, 0.2) is 0 Å². The Morgan fingerprint density at radius 1 is 1.20 bits per heavy atom. The highest BCUT2D eigenvalue weighted by atomic mass is 35.5. The van der Waals surface area contributed by atoms with E-state index in [4.69, 9.17) is 34.8 Å². The maximum absolute atomic E-state index is 12.4. The smallest absolute Gasteiger partial charge is 0.276 e. The molecule has 0 aliphatic carbocycles. The summed E-state index contributed by atoms with van der Waals surface area (Å²) in [6.45, 7) is 0. The molecule has 0 atom stereocenters. The molecule has 0 saturated heterocycles. The van der Waals surface area contributed by atoms with Crippen LogP contribution < -0.4 is 0 Å². The van der Waals surface area contributed by atoms with Crippen molar-refractivity contribution in [1.82, 2.24) is 0 Å². The van der Waals surface area contributed by atoms with Crippen molar-refractivity contribution in [2.24, 2.45) is 0 Å². The molecule has 0 bridgehead atoms. The molecular weight excluding hydrogens is 275 g/mol. The molecule has 7 heteroatoms. The molecule has 0 aliphatic heterocycles. The van der Waals surface area contributed by atoms with Crippen LogP contribution in [0.15, 0.2) is 12.1 Å². The normalized spacial score (nSPS) is 11.6. The van der Waals surface area contributed by atoms with E-state index in [-0.39, 0.29) is 5.02 Å². The number of carbonyl (C=O) groups is 1. The molecule has 82 valence electrons. The zero-order chi connectivity index (χ0) is 11.8. The van der Waals surface area contributed by atoms with Crippen LogP contribution in [0.25, 0.3) is 0 Å². The fourth-order valence-electron chi connectivity index (χ4n) is 0.979. The molecule has 0 aromatic heterocycles. The fraction of sp³-hybridized carbons (Fsp3) is 0.125. The Morgan fingerprint density at radius 2 is 1.73 bits per heavy atom. The average Bonchev–Trinajstić information content (AvgIpc) is 2.06. The summed E-state index contributed by atoms with van der Waals surface area (Å²) in [6, 6.07) is 1.61. The van der Waals surface area contributed by atoms with E-state index < -0.39 is 27.6 Å². The molecule has 0 radical (unpaired) electrons. The van der Waals surface area contributed by atoms with Crippen LogP contribution in [0.5, 0.6) is 0 Å². The van der Waals surface area contributed by atoms with Gasteiger partial charge in [-0.25, -0.2) is 0 Å². The predicted molar refractivity (Wildman–Crippen MR) is 51.6 cm³/mol. The van der Waals surface area contributed by atoms with Gasteiger partial charge in [0.05, 0.1) is 21.2 Å². The Labute approximate surface area is 97.7 Å². The summed E-state index contributed by atoms with van der Waals surface area (Å²) in [5.41, 5.74) is -2.02. The van der Waals surface area contributed by atoms with Gasteiger partial charge >= 0.3 is 6.18 Å². The number of rotatable bonds is 1. The van der Waals surface area contributed by atoms with Crippen molar-refractivity contribution in [1.29, 1.82) is 0 Å². The lowest BCUT2D eigenvalue weighted by Gasteiger charge is -2.11. The molecule has 1 nitrogen and oxygen atoms in total. The van der Waals surface area contributed by atoms with Crippen LogP contribution in [-0.2, 0) is 6.18 Å². The molecule has 0 fully saturated rings. The molecule has 0 aliphatic rings. The van der Waals surface area contributed by atoms with Gasteiger partial charge in [0.2, 0.25) is 0 Å². The first kappa shape index (κ1) is 12.6. The molecule has 1 rings (SSSR count). The summed E-state index contributed by atoms with van der Waals surface area (Å²) < 4.78 is 37.2. The van der Waals surface area contributed by atoms with Gasteiger partial charge in [-0.15, -0.1) is 0 Å². The van der Waals surface area contributed by atoms with Gasteiger partial charge in [0.25, 0.3) is 5.24 Å². The van der Waals surface area contributed by atoms with Gasteiger partial charge in [-0.2, -0.15) is 13.2 Å². The van der Waals surface area contributed by atoms with Gasteiger partial charge in [0.1, 0.15) is 0 Å². The highest BCUT2D eigenvalue weighted by molar-refractivity contribution is 6.69. The molecule has 0 unspecified atom stereocenters. The molecule has 15 heavy (non-hydrogen) atoms. The van der Waals surface area contributed by atoms with Crippen molar-refractivity contribution >= 4 is 40.0 Å². The van der Waals surface area contributed by atoms with Gasteiger partial charge in [-0.1, -0.05) is 23.2 Å². The molecule has 0 spiro atoms. The Kier molecular flexibility index (Phi) is 3.53. The predicted octanol–water partition coefficient (Wildman–Crippen LogP) is 4.39. The molecular formula is C8H2Cl3F3O. The van der Waals surface area contributed by atoms with E-state index in [2.05, 4.69) is 0 Å². The van der Waals surface area contributed by atoms with Gasteiger partial charge in [0, 0.05) is 0 Å². The summed E-state index contributed by atoms with van der Waals surface area (Å²) in [7, 11) is 0. The Bertz CT molecular complexity index is 414. The lowest BCUT2D eigenvalue weighted by atomic mass is 10.1. The Morgan fingerprint density at radius 3 is 2.13 bits per heavy atom.